The zero-order valence-corrected chi connectivity index (χ0v) is 11.2. The van der Waals surface area contributed by atoms with Gasteiger partial charge in [0.1, 0.15) is 5.82 Å². The molecular weight excluding hydrogens is 289 g/mol. The zero-order valence-electron chi connectivity index (χ0n) is 8.76. The van der Waals surface area contributed by atoms with Gasteiger partial charge in [-0.05, 0) is 57.7 Å². The van der Waals surface area contributed by atoms with Crippen LogP contribution in [0.2, 0.25) is 0 Å². The van der Waals surface area contributed by atoms with E-state index in [9.17, 15) is 4.39 Å². The average molecular weight is 300 g/mol. The molecule has 0 bridgehead atoms. The second-order valence-corrected chi connectivity index (χ2v) is 5.20. The van der Waals surface area contributed by atoms with Gasteiger partial charge in [0, 0.05) is 15.9 Å². The van der Waals surface area contributed by atoms with Crippen LogP contribution in [0.3, 0.4) is 0 Å². The molecule has 1 N–H and O–H groups in total. The Bertz CT molecular complexity index is 496. The molecule has 0 saturated carbocycles. The summed E-state index contributed by atoms with van der Waals surface area (Å²) in [6.45, 7) is 0.664. The largest absolute Gasteiger partial charge is 0.316 e. The molecule has 1 aromatic heterocycles. The Morgan fingerprint density at radius 3 is 2.81 bits per heavy atom. The number of benzene rings is 1. The summed E-state index contributed by atoms with van der Waals surface area (Å²) in [6, 6.07) is 6.92. The third-order valence-electron chi connectivity index (χ3n) is 2.30. The lowest BCUT2D eigenvalue weighted by molar-refractivity contribution is 0.624. The fraction of sp³-hybridized carbons (Fsp3) is 0.167. The van der Waals surface area contributed by atoms with Crippen LogP contribution in [0.1, 0.15) is 5.56 Å². The van der Waals surface area contributed by atoms with Gasteiger partial charge in [-0.25, -0.2) is 4.39 Å². The van der Waals surface area contributed by atoms with Gasteiger partial charge in [0.25, 0.3) is 0 Å². The van der Waals surface area contributed by atoms with E-state index >= 15 is 0 Å². The Kier molecular flexibility index (Phi) is 3.74. The molecule has 2 aromatic rings. The van der Waals surface area contributed by atoms with Gasteiger partial charge in [-0.2, -0.15) is 0 Å². The van der Waals surface area contributed by atoms with Crippen molar-refractivity contribution < 1.29 is 4.39 Å². The number of halogens is 2. The number of thiophene rings is 1. The van der Waals surface area contributed by atoms with Crippen LogP contribution in [0, 0.1) is 5.82 Å². The molecule has 1 heterocycles. The van der Waals surface area contributed by atoms with E-state index in [1.54, 1.807) is 17.4 Å². The van der Waals surface area contributed by atoms with Crippen molar-refractivity contribution >= 4 is 27.3 Å². The summed E-state index contributed by atoms with van der Waals surface area (Å²) < 4.78 is 14.2. The summed E-state index contributed by atoms with van der Waals surface area (Å²) in [5, 5.41) is 5.08. The van der Waals surface area contributed by atoms with Crippen LogP contribution in [0.25, 0.3) is 10.4 Å². The maximum Gasteiger partial charge on any atom is 0.123 e. The van der Waals surface area contributed by atoms with Crippen LogP contribution in [-0.4, -0.2) is 7.05 Å². The summed E-state index contributed by atoms with van der Waals surface area (Å²) in [6.07, 6.45) is 0. The number of hydrogen-bond donors (Lipinski definition) is 1. The molecule has 1 nitrogen and oxygen atoms in total. The first kappa shape index (κ1) is 11.8. The van der Waals surface area contributed by atoms with Crippen molar-refractivity contribution in [1.82, 2.24) is 5.32 Å². The SMILES string of the molecule is CNCc1cc(F)ccc1-c1sccc1Br. The summed E-state index contributed by atoms with van der Waals surface area (Å²) in [5.41, 5.74) is 2.06. The molecule has 1 aromatic carbocycles. The Hall–Kier alpha value is -0.710. The van der Waals surface area contributed by atoms with E-state index in [2.05, 4.69) is 21.2 Å². The molecule has 0 saturated heterocycles. The van der Waals surface area contributed by atoms with Crippen molar-refractivity contribution in [2.24, 2.45) is 0 Å². The quantitative estimate of drug-likeness (QED) is 0.902. The van der Waals surface area contributed by atoms with E-state index in [-0.39, 0.29) is 5.82 Å². The van der Waals surface area contributed by atoms with E-state index in [1.165, 1.54) is 6.07 Å². The van der Waals surface area contributed by atoms with E-state index in [1.807, 2.05) is 24.6 Å². The third kappa shape index (κ3) is 2.34. The zero-order chi connectivity index (χ0) is 11.5. The molecule has 0 atom stereocenters. The first-order valence-electron chi connectivity index (χ1n) is 4.88. The predicted octanol–water partition coefficient (Wildman–Crippen LogP) is 4.04. The predicted molar refractivity (Wildman–Crippen MR) is 70.2 cm³/mol. The lowest BCUT2D eigenvalue weighted by Gasteiger charge is -2.08. The highest BCUT2D eigenvalue weighted by atomic mass is 79.9. The van der Waals surface area contributed by atoms with Crippen LogP contribution >= 0.6 is 27.3 Å². The van der Waals surface area contributed by atoms with Crippen LogP contribution in [0.15, 0.2) is 34.1 Å². The fourth-order valence-electron chi connectivity index (χ4n) is 1.61. The van der Waals surface area contributed by atoms with Crippen LogP contribution in [0.5, 0.6) is 0 Å². The topological polar surface area (TPSA) is 12.0 Å². The van der Waals surface area contributed by atoms with Crippen LogP contribution in [0.4, 0.5) is 4.39 Å². The Labute approximate surface area is 106 Å². The lowest BCUT2D eigenvalue weighted by Crippen LogP contribution is -2.06. The molecule has 0 unspecified atom stereocenters. The molecule has 84 valence electrons. The van der Waals surface area contributed by atoms with Gasteiger partial charge in [-0.15, -0.1) is 11.3 Å². The lowest BCUT2D eigenvalue weighted by atomic mass is 10.1. The molecule has 0 aliphatic carbocycles. The van der Waals surface area contributed by atoms with Crippen LogP contribution < -0.4 is 5.32 Å². The monoisotopic (exact) mass is 299 g/mol. The van der Waals surface area contributed by atoms with Gasteiger partial charge in [0.15, 0.2) is 0 Å². The van der Waals surface area contributed by atoms with Crippen LogP contribution in [-0.2, 0) is 6.54 Å². The minimum atomic E-state index is -0.193. The molecule has 0 spiro atoms. The number of nitrogens with one attached hydrogen (secondary N) is 1. The van der Waals surface area contributed by atoms with E-state index in [0.717, 1.165) is 20.5 Å². The average Bonchev–Trinajstić information content (AvgIpc) is 2.65. The summed E-state index contributed by atoms with van der Waals surface area (Å²) in [7, 11) is 1.86. The summed E-state index contributed by atoms with van der Waals surface area (Å²) in [5.74, 6) is -0.193. The summed E-state index contributed by atoms with van der Waals surface area (Å²) >= 11 is 5.15. The minimum Gasteiger partial charge on any atom is -0.316 e. The summed E-state index contributed by atoms with van der Waals surface area (Å²) in [4.78, 5) is 1.14. The standard InChI is InChI=1S/C12H11BrFNS/c1-15-7-8-6-9(14)2-3-10(8)12-11(13)4-5-16-12/h2-6,15H,7H2,1H3. The molecule has 0 aliphatic rings. The van der Waals surface area contributed by atoms with Crippen molar-refractivity contribution in [3.05, 3.63) is 45.5 Å². The van der Waals surface area contributed by atoms with Crippen molar-refractivity contribution in [3.8, 4) is 10.4 Å². The van der Waals surface area contributed by atoms with Gasteiger partial charge in [0.05, 0.1) is 0 Å². The Morgan fingerprint density at radius 1 is 1.38 bits per heavy atom. The molecule has 0 amide bonds. The third-order valence-corrected chi connectivity index (χ3v) is 4.17. The highest BCUT2D eigenvalue weighted by Crippen LogP contribution is 2.35. The van der Waals surface area contributed by atoms with Crippen molar-refractivity contribution in [3.63, 3.8) is 0 Å². The molecule has 4 heteroatoms. The van der Waals surface area contributed by atoms with Gasteiger partial charge in [0.2, 0.25) is 0 Å². The molecule has 0 radical (unpaired) electrons. The van der Waals surface area contributed by atoms with Gasteiger partial charge in [-0.3, -0.25) is 0 Å². The maximum absolute atomic E-state index is 13.2. The van der Waals surface area contributed by atoms with E-state index in [4.69, 9.17) is 0 Å². The van der Waals surface area contributed by atoms with Crippen molar-refractivity contribution in [2.45, 2.75) is 6.54 Å². The van der Waals surface area contributed by atoms with E-state index < -0.39 is 0 Å². The van der Waals surface area contributed by atoms with Gasteiger partial charge >= 0.3 is 0 Å². The highest BCUT2D eigenvalue weighted by Gasteiger charge is 2.10. The second kappa shape index (κ2) is 5.08. The molecule has 16 heavy (non-hydrogen) atoms. The molecule has 0 fully saturated rings. The molecule has 0 aliphatic heterocycles. The molecular formula is C12H11BrFNS. The normalized spacial score (nSPS) is 10.7. The first-order chi connectivity index (χ1) is 7.72. The smallest absolute Gasteiger partial charge is 0.123 e. The van der Waals surface area contributed by atoms with Gasteiger partial charge < -0.3 is 5.32 Å². The fourth-order valence-corrected chi connectivity index (χ4v) is 3.25. The van der Waals surface area contributed by atoms with E-state index in [0.29, 0.717) is 6.54 Å². The first-order valence-corrected chi connectivity index (χ1v) is 6.56. The Balaban J connectivity index is 2.51. The Morgan fingerprint density at radius 2 is 2.19 bits per heavy atom. The maximum atomic E-state index is 13.2. The van der Waals surface area contributed by atoms with Crippen molar-refractivity contribution in [2.75, 3.05) is 7.05 Å². The number of rotatable bonds is 3. The van der Waals surface area contributed by atoms with Gasteiger partial charge in [-0.1, -0.05) is 6.07 Å². The minimum absolute atomic E-state index is 0.193. The highest BCUT2D eigenvalue weighted by molar-refractivity contribution is 9.10. The second-order valence-electron chi connectivity index (χ2n) is 3.43. The van der Waals surface area contributed by atoms with Crippen molar-refractivity contribution in [1.29, 1.82) is 0 Å². The molecule has 2 rings (SSSR count). The number of hydrogen-bond acceptors (Lipinski definition) is 2.